The third kappa shape index (κ3) is 1.79. The lowest BCUT2D eigenvalue weighted by atomic mass is 10.1. The molecule has 2 rings (SSSR count). The predicted octanol–water partition coefficient (Wildman–Crippen LogP) is 2.10. The van der Waals surface area contributed by atoms with Gasteiger partial charge < -0.3 is 0 Å². The van der Waals surface area contributed by atoms with Gasteiger partial charge in [0.1, 0.15) is 5.82 Å². The van der Waals surface area contributed by atoms with Crippen molar-refractivity contribution in [1.82, 2.24) is 10.4 Å². The van der Waals surface area contributed by atoms with Gasteiger partial charge in [-0.25, -0.2) is 9.40 Å². The molecule has 1 atom stereocenters. The Bertz CT molecular complexity index is 314. The molecule has 1 heterocycles. The quantitative estimate of drug-likeness (QED) is 0.775. The van der Waals surface area contributed by atoms with Crippen LogP contribution in [0.1, 0.15) is 24.4 Å². The first kappa shape index (κ1) is 9.62. The molecule has 0 saturated carbocycles. The van der Waals surface area contributed by atoms with Crippen molar-refractivity contribution in [2.75, 3.05) is 13.6 Å². The molecule has 3 heteroatoms. The van der Waals surface area contributed by atoms with Crippen LogP contribution in [0.25, 0.3) is 0 Å². The highest BCUT2D eigenvalue weighted by molar-refractivity contribution is 5.20. The molecular formula is C11H15FN2. The number of hydrogen-bond donors (Lipinski definition) is 1. The molecule has 0 aliphatic carbocycles. The highest BCUT2D eigenvalue weighted by Gasteiger charge is 2.24. The van der Waals surface area contributed by atoms with E-state index in [0.717, 1.165) is 18.5 Å². The molecule has 1 fully saturated rings. The molecule has 1 aliphatic heterocycles. The summed E-state index contributed by atoms with van der Waals surface area (Å²) in [5.74, 6) is -0.148. The molecule has 1 N–H and O–H groups in total. The van der Waals surface area contributed by atoms with Gasteiger partial charge in [-0.2, -0.15) is 0 Å². The molecule has 1 aromatic rings. The summed E-state index contributed by atoms with van der Waals surface area (Å²) in [6.07, 6.45) is 2.27. The fraction of sp³-hybridized carbons (Fsp3) is 0.455. The molecule has 0 amide bonds. The summed E-state index contributed by atoms with van der Waals surface area (Å²) >= 11 is 0. The summed E-state index contributed by atoms with van der Waals surface area (Å²) in [6, 6.07) is 7.21. The molecule has 0 radical (unpaired) electrons. The molecule has 76 valence electrons. The zero-order valence-electron chi connectivity index (χ0n) is 8.33. The highest BCUT2D eigenvalue weighted by atomic mass is 19.1. The van der Waals surface area contributed by atoms with Gasteiger partial charge in [-0.05, 0) is 37.6 Å². The number of halogens is 1. The number of hydrogen-bond acceptors (Lipinski definition) is 2. The molecule has 1 aromatic carbocycles. The van der Waals surface area contributed by atoms with E-state index in [9.17, 15) is 4.39 Å². The Morgan fingerprint density at radius 3 is 3.07 bits per heavy atom. The molecule has 1 unspecified atom stereocenters. The van der Waals surface area contributed by atoms with Crippen LogP contribution < -0.4 is 5.43 Å². The minimum absolute atomic E-state index is 0.148. The van der Waals surface area contributed by atoms with Crippen LogP contribution in [0.4, 0.5) is 4.39 Å². The van der Waals surface area contributed by atoms with E-state index in [4.69, 9.17) is 0 Å². The molecular weight excluding hydrogens is 179 g/mol. The number of hydrazine groups is 1. The SMILES string of the molecule is CNN1CCCC1c1cccc(F)c1. The standard InChI is InChI=1S/C11H15FN2/c1-13-14-7-3-6-11(14)9-4-2-5-10(12)8-9/h2,4-5,8,11,13H,3,6-7H2,1H3. The van der Waals surface area contributed by atoms with Crippen molar-refractivity contribution in [1.29, 1.82) is 0 Å². The van der Waals surface area contributed by atoms with Crippen molar-refractivity contribution in [3.05, 3.63) is 35.6 Å². The Hall–Kier alpha value is -0.930. The third-order valence-corrected chi connectivity index (χ3v) is 2.77. The van der Waals surface area contributed by atoms with Crippen LogP contribution >= 0.6 is 0 Å². The van der Waals surface area contributed by atoms with Crippen LogP contribution in [-0.4, -0.2) is 18.6 Å². The van der Waals surface area contributed by atoms with Crippen LogP contribution in [0.2, 0.25) is 0 Å². The zero-order chi connectivity index (χ0) is 9.97. The molecule has 1 saturated heterocycles. The van der Waals surface area contributed by atoms with Crippen molar-refractivity contribution in [3.63, 3.8) is 0 Å². The monoisotopic (exact) mass is 194 g/mol. The van der Waals surface area contributed by atoms with Gasteiger partial charge in [-0.3, -0.25) is 5.43 Å². The number of benzene rings is 1. The van der Waals surface area contributed by atoms with Crippen LogP contribution in [0.15, 0.2) is 24.3 Å². The lowest BCUT2D eigenvalue weighted by Crippen LogP contribution is -2.34. The van der Waals surface area contributed by atoms with Crippen LogP contribution in [0, 0.1) is 5.82 Å². The summed E-state index contributed by atoms with van der Waals surface area (Å²) in [7, 11) is 1.91. The maximum atomic E-state index is 13.0. The Balaban J connectivity index is 2.21. The van der Waals surface area contributed by atoms with E-state index in [2.05, 4.69) is 10.4 Å². The van der Waals surface area contributed by atoms with Gasteiger partial charge >= 0.3 is 0 Å². The zero-order valence-corrected chi connectivity index (χ0v) is 8.33. The largest absolute Gasteiger partial charge is 0.258 e. The van der Waals surface area contributed by atoms with Crippen molar-refractivity contribution in [2.24, 2.45) is 0 Å². The predicted molar refractivity (Wildman–Crippen MR) is 54.1 cm³/mol. The van der Waals surface area contributed by atoms with Gasteiger partial charge in [0, 0.05) is 12.6 Å². The molecule has 2 nitrogen and oxygen atoms in total. The summed E-state index contributed by atoms with van der Waals surface area (Å²) in [4.78, 5) is 0. The maximum Gasteiger partial charge on any atom is 0.123 e. The molecule has 0 aromatic heterocycles. The van der Waals surface area contributed by atoms with Gasteiger partial charge in [0.05, 0.1) is 0 Å². The Morgan fingerprint density at radius 2 is 2.36 bits per heavy atom. The molecule has 0 bridgehead atoms. The fourth-order valence-electron chi connectivity index (χ4n) is 2.09. The number of rotatable bonds is 2. The summed E-state index contributed by atoms with van der Waals surface area (Å²) in [5.41, 5.74) is 4.21. The second-order valence-electron chi connectivity index (χ2n) is 3.63. The lowest BCUT2D eigenvalue weighted by molar-refractivity contribution is 0.190. The van der Waals surface area contributed by atoms with E-state index in [1.54, 1.807) is 12.1 Å². The smallest absolute Gasteiger partial charge is 0.123 e. The van der Waals surface area contributed by atoms with Crippen LogP contribution in [0.5, 0.6) is 0 Å². The van der Waals surface area contributed by atoms with E-state index in [0.29, 0.717) is 6.04 Å². The third-order valence-electron chi connectivity index (χ3n) is 2.77. The van der Waals surface area contributed by atoms with Gasteiger partial charge in [-0.1, -0.05) is 12.1 Å². The van der Waals surface area contributed by atoms with Crippen LogP contribution in [-0.2, 0) is 0 Å². The normalized spacial score (nSPS) is 22.9. The highest BCUT2D eigenvalue weighted by Crippen LogP contribution is 2.29. The Labute approximate surface area is 83.7 Å². The van der Waals surface area contributed by atoms with Crippen molar-refractivity contribution in [3.8, 4) is 0 Å². The number of nitrogens with one attached hydrogen (secondary N) is 1. The summed E-state index contributed by atoms with van der Waals surface area (Å²) in [6.45, 7) is 1.04. The summed E-state index contributed by atoms with van der Waals surface area (Å²) in [5, 5.41) is 2.16. The van der Waals surface area contributed by atoms with Crippen LogP contribution in [0.3, 0.4) is 0 Å². The Morgan fingerprint density at radius 1 is 1.50 bits per heavy atom. The second kappa shape index (κ2) is 4.07. The fourth-order valence-corrected chi connectivity index (χ4v) is 2.09. The van der Waals surface area contributed by atoms with E-state index < -0.39 is 0 Å². The van der Waals surface area contributed by atoms with E-state index in [1.165, 1.54) is 12.5 Å². The lowest BCUT2D eigenvalue weighted by Gasteiger charge is -2.23. The first-order valence-corrected chi connectivity index (χ1v) is 5.01. The number of nitrogens with zero attached hydrogens (tertiary/aromatic N) is 1. The van der Waals surface area contributed by atoms with Crippen molar-refractivity contribution >= 4 is 0 Å². The van der Waals surface area contributed by atoms with Gasteiger partial charge in [0.15, 0.2) is 0 Å². The second-order valence-corrected chi connectivity index (χ2v) is 3.63. The van der Waals surface area contributed by atoms with Gasteiger partial charge in [0.25, 0.3) is 0 Å². The van der Waals surface area contributed by atoms with E-state index >= 15 is 0 Å². The molecule has 0 spiro atoms. The minimum Gasteiger partial charge on any atom is -0.258 e. The minimum atomic E-state index is -0.148. The summed E-state index contributed by atoms with van der Waals surface area (Å²) < 4.78 is 13.0. The molecule has 14 heavy (non-hydrogen) atoms. The maximum absolute atomic E-state index is 13.0. The Kier molecular flexibility index (Phi) is 2.79. The van der Waals surface area contributed by atoms with E-state index in [-0.39, 0.29) is 5.82 Å². The topological polar surface area (TPSA) is 15.3 Å². The van der Waals surface area contributed by atoms with Crippen molar-refractivity contribution in [2.45, 2.75) is 18.9 Å². The average molecular weight is 194 g/mol. The van der Waals surface area contributed by atoms with Gasteiger partial charge in [-0.15, -0.1) is 0 Å². The van der Waals surface area contributed by atoms with Crippen molar-refractivity contribution < 1.29 is 4.39 Å². The van der Waals surface area contributed by atoms with Gasteiger partial charge in [0.2, 0.25) is 0 Å². The first-order chi connectivity index (χ1) is 6.81. The average Bonchev–Trinajstić information content (AvgIpc) is 2.65. The van der Waals surface area contributed by atoms with E-state index in [1.807, 2.05) is 13.1 Å². The first-order valence-electron chi connectivity index (χ1n) is 5.01. The molecule has 1 aliphatic rings.